The van der Waals surface area contributed by atoms with Gasteiger partial charge < -0.3 is 20.5 Å². The lowest BCUT2D eigenvalue weighted by molar-refractivity contribution is 0.0965. The first-order valence-corrected chi connectivity index (χ1v) is 14.2. The molecule has 1 aromatic heterocycles. The largest absolute Gasteiger partial charge is 0.383 e. The number of nitrogens with zero attached hydrogens (tertiary/aromatic N) is 2. The molecule has 3 rings (SSSR count). The number of fused-ring (bicyclic) bond motifs is 1. The van der Waals surface area contributed by atoms with Crippen LogP contribution in [0.15, 0.2) is 29.2 Å². The number of methoxy groups -OCH3 is 2. The molecule has 1 aliphatic rings. The van der Waals surface area contributed by atoms with E-state index >= 15 is 0 Å². The van der Waals surface area contributed by atoms with Gasteiger partial charge in [0, 0.05) is 50.8 Å². The van der Waals surface area contributed by atoms with Crippen LogP contribution in [0.4, 0.5) is 9.80 Å². The van der Waals surface area contributed by atoms with Crippen molar-refractivity contribution < 1.29 is 32.3 Å². The number of likely N-dealkylation sites (N-methyl/N-ethyl adjacent to an activating group) is 1. The smallest absolute Gasteiger partial charge is 0.319 e. The number of thiophene rings is 1. The van der Waals surface area contributed by atoms with E-state index < -0.39 is 27.9 Å². The highest BCUT2D eigenvalue weighted by Crippen LogP contribution is 2.37. The van der Waals surface area contributed by atoms with Crippen molar-refractivity contribution in [3.8, 4) is 0 Å². The molecule has 14 heteroatoms. The number of hydrogen-bond acceptors (Lipinski definition) is 9. The first-order valence-electron chi connectivity index (χ1n) is 12.0. The second kappa shape index (κ2) is 13.3. The van der Waals surface area contributed by atoms with Crippen LogP contribution in [-0.2, 0) is 32.5 Å². The Hall–Kier alpha value is -2.88. The fraction of sp³-hybridized carbons (Fsp3) is 0.458. The number of carbonyl (C=O) groups excluding carboxylic acids is 3. The van der Waals surface area contributed by atoms with Crippen LogP contribution in [0, 0.1) is 0 Å². The van der Waals surface area contributed by atoms with Gasteiger partial charge in [-0.15, -0.1) is 11.3 Å². The summed E-state index contributed by atoms with van der Waals surface area (Å²) in [5.74, 6) is -1.20. The van der Waals surface area contributed by atoms with Gasteiger partial charge in [-0.3, -0.25) is 19.8 Å². The molecular formula is C24H33N5O7S2. The van der Waals surface area contributed by atoms with Gasteiger partial charge >= 0.3 is 6.03 Å². The first-order chi connectivity index (χ1) is 18.1. The third-order valence-electron chi connectivity index (χ3n) is 6.12. The number of primary amides is 1. The highest BCUT2D eigenvalue weighted by atomic mass is 32.2. The molecule has 12 nitrogen and oxygen atoms in total. The van der Waals surface area contributed by atoms with E-state index in [1.807, 2.05) is 6.92 Å². The summed E-state index contributed by atoms with van der Waals surface area (Å²) in [5.41, 5.74) is 6.36. The minimum Gasteiger partial charge on any atom is -0.383 e. The van der Waals surface area contributed by atoms with Crippen molar-refractivity contribution >= 4 is 44.2 Å². The molecule has 38 heavy (non-hydrogen) atoms. The zero-order valence-electron chi connectivity index (χ0n) is 21.6. The van der Waals surface area contributed by atoms with Crippen LogP contribution in [0.2, 0.25) is 0 Å². The summed E-state index contributed by atoms with van der Waals surface area (Å²) in [6, 6.07) is 4.54. The molecule has 0 saturated carbocycles. The van der Waals surface area contributed by atoms with E-state index in [1.165, 1.54) is 54.1 Å². The predicted molar refractivity (Wildman–Crippen MR) is 143 cm³/mol. The van der Waals surface area contributed by atoms with Crippen molar-refractivity contribution in [2.45, 2.75) is 24.8 Å². The molecule has 0 saturated heterocycles. The van der Waals surface area contributed by atoms with Crippen LogP contribution in [0.1, 0.15) is 38.1 Å². The zero-order chi connectivity index (χ0) is 27.9. The molecule has 0 aliphatic carbocycles. The molecular weight excluding hydrogens is 534 g/mol. The summed E-state index contributed by atoms with van der Waals surface area (Å²) in [7, 11) is -0.869. The molecule has 4 amide bonds. The van der Waals surface area contributed by atoms with E-state index in [4.69, 9.17) is 15.2 Å². The Kier molecular flexibility index (Phi) is 10.4. The molecule has 0 spiro atoms. The van der Waals surface area contributed by atoms with Crippen LogP contribution in [-0.4, -0.2) is 89.1 Å². The van der Waals surface area contributed by atoms with Crippen molar-refractivity contribution in [3.05, 3.63) is 45.8 Å². The van der Waals surface area contributed by atoms with Gasteiger partial charge in [-0.1, -0.05) is 6.92 Å². The Morgan fingerprint density at radius 2 is 1.71 bits per heavy atom. The third kappa shape index (κ3) is 6.95. The number of benzene rings is 1. The maximum absolute atomic E-state index is 13.1. The minimum atomic E-state index is -3.84. The van der Waals surface area contributed by atoms with Crippen LogP contribution in [0.3, 0.4) is 0 Å². The molecule has 208 valence electrons. The maximum atomic E-state index is 13.1. The van der Waals surface area contributed by atoms with Gasteiger partial charge in [-0.25, -0.2) is 13.2 Å². The van der Waals surface area contributed by atoms with Crippen molar-refractivity contribution in [2.24, 2.45) is 5.73 Å². The number of imide groups is 1. The lowest BCUT2D eigenvalue weighted by Crippen LogP contribution is -2.36. The number of rotatable bonds is 12. The fourth-order valence-corrected chi connectivity index (χ4v) is 6.76. The van der Waals surface area contributed by atoms with E-state index in [-0.39, 0.29) is 42.3 Å². The molecule has 0 unspecified atom stereocenters. The first kappa shape index (κ1) is 29.7. The van der Waals surface area contributed by atoms with Gasteiger partial charge in [0.1, 0.15) is 5.00 Å². The molecule has 1 aliphatic heterocycles. The standard InChI is InChI=1S/C24H33N5O7S2/c1-4-28-10-9-18-19(15-28)37-23(20(18)22(31)27-24(25)32)26-21(30)16-5-7-17(8-6-16)38(33,34)29(11-13-35-2)12-14-36-3/h5-8H,4,9-15H2,1-3H3,(H,26,30)(H3,25,27,31,32). The van der Waals surface area contributed by atoms with Crippen molar-refractivity contribution in [1.82, 2.24) is 14.5 Å². The van der Waals surface area contributed by atoms with E-state index in [9.17, 15) is 22.8 Å². The normalized spacial score (nSPS) is 13.8. The fourth-order valence-electron chi connectivity index (χ4n) is 4.07. The van der Waals surface area contributed by atoms with Crippen molar-refractivity contribution in [1.29, 1.82) is 0 Å². The molecule has 0 bridgehead atoms. The third-order valence-corrected chi connectivity index (χ3v) is 9.16. The van der Waals surface area contributed by atoms with Gasteiger partial charge in [0.2, 0.25) is 10.0 Å². The number of amides is 4. The number of sulfonamides is 1. The number of ether oxygens (including phenoxy) is 2. The highest BCUT2D eigenvalue weighted by Gasteiger charge is 2.29. The minimum absolute atomic E-state index is 0.0222. The SMILES string of the molecule is CCN1CCc2c(sc(NC(=O)c3ccc(S(=O)(=O)N(CCOC)CCOC)cc3)c2C(=O)NC(N)=O)C1. The summed E-state index contributed by atoms with van der Waals surface area (Å²) in [4.78, 5) is 40.4. The molecule has 4 N–H and O–H groups in total. The van der Waals surface area contributed by atoms with E-state index in [0.29, 0.717) is 18.0 Å². The topological polar surface area (TPSA) is 160 Å². The van der Waals surface area contributed by atoms with E-state index in [0.717, 1.165) is 23.5 Å². The average Bonchev–Trinajstić information content (AvgIpc) is 3.25. The summed E-state index contributed by atoms with van der Waals surface area (Å²) < 4.78 is 37.5. The molecule has 2 aromatic rings. The summed E-state index contributed by atoms with van der Waals surface area (Å²) in [6.07, 6.45) is 0.590. The molecule has 1 aromatic carbocycles. The van der Waals surface area contributed by atoms with Gasteiger partial charge in [-0.2, -0.15) is 4.31 Å². The van der Waals surface area contributed by atoms with Crippen LogP contribution in [0.25, 0.3) is 0 Å². The number of nitrogens with two attached hydrogens (primary N) is 1. The Morgan fingerprint density at radius 1 is 1.08 bits per heavy atom. The maximum Gasteiger partial charge on any atom is 0.319 e. The molecule has 0 atom stereocenters. The van der Waals surface area contributed by atoms with Gasteiger partial charge in [0.05, 0.1) is 23.7 Å². The van der Waals surface area contributed by atoms with E-state index in [1.54, 1.807) is 0 Å². The Morgan fingerprint density at radius 3 is 2.26 bits per heavy atom. The number of anilines is 1. The second-order valence-electron chi connectivity index (χ2n) is 8.51. The summed E-state index contributed by atoms with van der Waals surface area (Å²) in [6.45, 7) is 4.99. The number of carbonyl (C=O) groups is 3. The number of hydrogen-bond donors (Lipinski definition) is 3. The number of nitrogens with one attached hydrogen (secondary N) is 2. The summed E-state index contributed by atoms with van der Waals surface area (Å²) >= 11 is 1.27. The highest BCUT2D eigenvalue weighted by molar-refractivity contribution is 7.89. The van der Waals surface area contributed by atoms with Gasteiger partial charge in [-0.05, 0) is 42.8 Å². The van der Waals surface area contributed by atoms with Crippen LogP contribution < -0.4 is 16.4 Å². The Balaban J connectivity index is 1.84. The molecule has 0 fully saturated rings. The Bertz CT molecular complexity index is 1250. The lowest BCUT2D eigenvalue weighted by atomic mass is 10.0. The van der Waals surface area contributed by atoms with E-state index in [2.05, 4.69) is 15.5 Å². The molecule has 0 radical (unpaired) electrons. The number of urea groups is 1. The second-order valence-corrected chi connectivity index (χ2v) is 11.6. The monoisotopic (exact) mass is 567 g/mol. The predicted octanol–water partition coefficient (Wildman–Crippen LogP) is 1.47. The van der Waals surface area contributed by atoms with Gasteiger partial charge in [0.15, 0.2) is 0 Å². The Labute approximate surface area is 226 Å². The summed E-state index contributed by atoms with van der Waals surface area (Å²) in [5, 5.41) is 5.16. The van der Waals surface area contributed by atoms with Gasteiger partial charge in [0.25, 0.3) is 11.8 Å². The van der Waals surface area contributed by atoms with Crippen LogP contribution >= 0.6 is 11.3 Å². The van der Waals surface area contributed by atoms with Crippen molar-refractivity contribution in [2.75, 3.05) is 58.9 Å². The van der Waals surface area contributed by atoms with Crippen molar-refractivity contribution in [3.63, 3.8) is 0 Å². The quantitative estimate of drug-likeness (QED) is 0.348. The molecule has 2 heterocycles. The lowest BCUT2D eigenvalue weighted by Gasteiger charge is -2.25. The van der Waals surface area contributed by atoms with Crippen LogP contribution in [0.5, 0.6) is 0 Å². The average molecular weight is 568 g/mol. The zero-order valence-corrected chi connectivity index (χ0v) is 23.2.